The van der Waals surface area contributed by atoms with Gasteiger partial charge < -0.3 is 5.11 Å². The quantitative estimate of drug-likeness (QED) is 0.639. The van der Waals surface area contributed by atoms with Crippen molar-refractivity contribution < 1.29 is 5.11 Å². The number of aliphatic hydroxyl groups is 1. The van der Waals surface area contributed by atoms with Crippen LogP contribution in [0, 0.1) is 5.41 Å². The van der Waals surface area contributed by atoms with Crippen LogP contribution < -0.4 is 0 Å². The van der Waals surface area contributed by atoms with Crippen LogP contribution in [-0.2, 0) is 0 Å². The van der Waals surface area contributed by atoms with E-state index in [0.717, 1.165) is 19.1 Å². The smallest absolute Gasteiger partial charge is 0.0509 e. The van der Waals surface area contributed by atoms with Crippen molar-refractivity contribution >= 4 is 0 Å². The summed E-state index contributed by atoms with van der Waals surface area (Å²) in [5.41, 5.74) is 0.232. The van der Waals surface area contributed by atoms with Gasteiger partial charge in [0.15, 0.2) is 0 Å². The third kappa shape index (κ3) is 1.18. The molecule has 0 radical (unpaired) electrons. The van der Waals surface area contributed by atoms with Crippen molar-refractivity contribution in [3.8, 4) is 0 Å². The molecule has 0 aromatic heterocycles. The molecule has 0 aromatic rings. The van der Waals surface area contributed by atoms with E-state index in [1.165, 1.54) is 19.3 Å². The monoisotopic (exact) mass is 155 g/mol. The van der Waals surface area contributed by atoms with Gasteiger partial charge in [0.1, 0.15) is 0 Å². The number of rotatable bonds is 2. The molecule has 1 aliphatic heterocycles. The van der Waals surface area contributed by atoms with Crippen LogP contribution in [0.4, 0.5) is 0 Å². The maximum Gasteiger partial charge on any atom is 0.0509 e. The van der Waals surface area contributed by atoms with Crippen LogP contribution >= 0.6 is 0 Å². The summed E-state index contributed by atoms with van der Waals surface area (Å²) in [7, 11) is 0. The molecule has 2 fully saturated rings. The Labute approximate surface area is 68.2 Å². The van der Waals surface area contributed by atoms with E-state index in [9.17, 15) is 0 Å². The van der Waals surface area contributed by atoms with Crippen molar-refractivity contribution in [3.05, 3.63) is 0 Å². The highest BCUT2D eigenvalue weighted by Crippen LogP contribution is 2.36. The third-order valence-electron chi connectivity index (χ3n) is 3.14. The van der Waals surface area contributed by atoms with Gasteiger partial charge in [0.25, 0.3) is 0 Å². The molecule has 0 spiro atoms. The highest BCUT2D eigenvalue weighted by molar-refractivity contribution is 4.96. The van der Waals surface area contributed by atoms with E-state index in [4.69, 9.17) is 5.11 Å². The molecule has 2 heteroatoms. The highest BCUT2D eigenvalue weighted by Gasteiger charge is 2.42. The molecule has 2 aliphatic rings. The number of aliphatic hydroxyl groups excluding tert-OH is 1. The average Bonchev–Trinajstić information content (AvgIpc) is 1.80. The summed E-state index contributed by atoms with van der Waals surface area (Å²) in [6.45, 7) is 4.76. The maximum atomic E-state index is 9.01. The van der Waals surface area contributed by atoms with Crippen LogP contribution in [0.3, 0.4) is 0 Å². The largest absolute Gasteiger partial charge is 0.396 e. The molecule has 1 heterocycles. The number of hydrogen-bond acceptors (Lipinski definition) is 2. The summed E-state index contributed by atoms with van der Waals surface area (Å²) in [6.07, 6.45) is 4.19. The Balaban J connectivity index is 1.78. The molecule has 1 N–H and O–H groups in total. The minimum absolute atomic E-state index is 0.232. The van der Waals surface area contributed by atoms with Gasteiger partial charge in [-0.2, -0.15) is 0 Å². The first-order valence-electron chi connectivity index (χ1n) is 4.58. The van der Waals surface area contributed by atoms with E-state index < -0.39 is 0 Å². The molecule has 0 atom stereocenters. The van der Waals surface area contributed by atoms with Crippen molar-refractivity contribution in [1.29, 1.82) is 0 Å². The van der Waals surface area contributed by atoms with E-state index in [2.05, 4.69) is 11.8 Å². The first-order chi connectivity index (χ1) is 5.23. The van der Waals surface area contributed by atoms with Crippen molar-refractivity contribution in [2.45, 2.75) is 32.2 Å². The highest BCUT2D eigenvalue weighted by atomic mass is 16.3. The van der Waals surface area contributed by atoms with Crippen LogP contribution in [0.25, 0.3) is 0 Å². The first kappa shape index (κ1) is 7.56. The second-order valence-corrected chi connectivity index (χ2v) is 4.46. The lowest BCUT2D eigenvalue weighted by atomic mass is 9.78. The van der Waals surface area contributed by atoms with Gasteiger partial charge in [-0.15, -0.1) is 0 Å². The molecule has 1 saturated heterocycles. The standard InChI is InChI=1S/C9H17NO/c1-9(7-11)5-10(6-9)8-3-2-4-8/h8,11H,2-7H2,1H3. The molecule has 64 valence electrons. The summed E-state index contributed by atoms with van der Waals surface area (Å²) >= 11 is 0. The van der Waals surface area contributed by atoms with Crippen LogP contribution in [0.2, 0.25) is 0 Å². The molecule has 2 nitrogen and oxygen atoms in total. The van der Waals surface area contributed by atoms with Crippen LogP contribution in [0.15, 0.2) is 0 Å². The second kappa shape index (κ2) is 2.46. The summed E-state index contributed by atoms with van der Waals surface area (Å²) < 4.78 is 0. The fraction of sp³-hybridized carbons (Fsp3) is 1.00. The van der Waals surface area contributed by atoms with Gasteiger partial charge in [-0.1, -0.05) is 13.3 Å². The minimum Gasteiger partial charge on any atom is -0.396 e. The van der Waals surface area contributed by atoms with Gasteiger partial charge in [0.05, 0.1) is 6.61 Å². The van der Waals surface area contributed by atoms with Gasteiger partial charge in [-0.3, -0.25) is 4.90 Å². The summed E-state index contributed by atoms with van der Waals surface area (Å²) in [6, 6.07) is 0.870. The lowest BCUT2D eigenvalue weighted by Crippen LogP contribution is -2.61. The normalized spacial score (nSPS) is 31.1. The van der Waals surface area contributed by atoms with Gasteiger partial charge in [0, 0.05) is 24.5 Å². The zero-order valence-corrected chi connectivity index (χ0v) is 7.21. The van der Waals surface area contributed by atoms with E-state index in [1.807, 2.05) is 0 Å². The van der Waals surface area contributed by atoms with Gasteiger partial charge in [0.2, 0.25) is 0 Å². The average molecular weight is 155 g/mol. The lowest BCUT2D eigenvalue weighted by molar-refractivity contribution is -0.0699. The van der Waals surface area contributed by atoms with E-state index in [0.29, 0.717) is 6.61 Å². The Bertz CT molecular complexity index is 148. The summed E-state index contributed by atoms with van der Waals surface area (Å²) in [4.78, 5) is 2.51. The predicted octanol–water partition coefficient (Wildman–Crippen LogP) is 0.853. The summed E-state index contributed by atoms with van der Waals surface area (Å²) in [5.74, 6) is 0. The van der Waals surface area contributed by atoms with Crippen LogP contribution in [0.5, 0.6) is 0 Å². The number of likely N-dealkylation sites (tertiary alicyclic amines) is 1. The molecule has 1 aliphatic carbocycles. The van der Waals surface area contributed by atoms with E-state index in [1.54, 1.807) is 0 Å². The maximum absolute atomic E-state index is 9.01. The Hall–Kier alpha value is -0.0800. The topological polar surface area (TPSA) is 23.5 Å². The van der Waals surface area contributed by atoms with Crippen molar-refractivity contribution in [1.82, 2.24) is 4.90 Å². The predicted molar refractivity (Wildman–Crippen MR) is 44.4 cm³/mol. The van der Waals surface area contributed by atoms with Gasteiger partial charge in [-0.05, 0) is 12.8 Å². The number of hydrogen-bond donors (Lipinski definition) is 1. The lowest BCUT2D eigenvalue weighted by Gasteiger charge is -2.53. The fourth-order valence-corrected chi connectivity index (χ4v) is 2.04. The molecule has 0 unspecified atom stereocenters. The number of nitrogens with zero attached hydrogens (tertiary/aromatic N) is 1. The van der Waals surface area contributed by atoms with E-state index in [-0.39, 0.29) is 5.41 Å². The first-order valence-corrected chi connectivity index (χ1v) is 4.58. The van der Waals surface area contributed by atoms with Crippen molar-refractivity contribution in [2.75, 3.05) is 19.7 Å². The van der Waals surface area contributed by atoms with Gasteiger partial charge >= 0.3 is 0 Å². The minimum atomic E-state index is 0.232. The van der Waals surface area contributed by atoms with E-state index >= 15 is 0 Å². The summed E-state index contributed by atoms with van der Waals surface area (Å²) in [5, 5.41) is 9.01. The Kier molecular flexibility index (Phi) is 1.69. The molecule has 0 bridgehead atoms. The molecule has 0 amide bonds. The molecular weight excluding hydrogens is 138 g/mol. The zero-order valence-electron chi connectivity index (χ0n) is 7.21. The van der Waals surface area contributed by atoms with Crippen LogP contribution in [0.1, 0.15) is 26.2 Å². The van der Waals surface area contributed by atoms with Crippen LogP contribution in [-0.4, -0.2) is 35.7 Å². The Morgan fingerprint density at radius 2 is 2.09 bits per heavy atom. The van der Waals surface area contributed by atoms with Crippen molar-refractivity contribution in [3.63, 3.8) is 0 Å². The molecule has 2 rings (SSSR count). The van der Waals surface area contributed by atoms with Gasteiger partial charge in [-0.25, -0.2) is 0 Å². The molecule has 0 aromatic carbocycles. The Morgan fingerprint density at radius 3 is 2.45 bits per heavy atom. The Morgan fingerprint density at radius 1 is 1.45 bits per heavy atom. The third-order valence-corrected chi connectivity index (χ3v) is 3.14. The molecular formula is C9H17NO. The zero-order chi connectivity index (χ0) is 7.90. The molecule has 1 saturated carbocycles. The molecule has 11 heavy (non-hydrogen) atoms. The van der Waals surface area contributed by atoms with Crippen molar-refractivity contribution in [2.24, 2.45) is 5.41 Å². The second-order valence-electron chi connectivity index (χ2n) is 4.46. The fourth-order valence-electron chi connectivity index (χ4n) is 2.04. The SMILES string of the molecule is CC1(CO)CN(C2CCC2)C1.